The quantitative estimate of drug-likeness (QED) is 0.696. The maximum absolute atomic E-state index is 6.53. The van der Waals surface area contributed by atoms with Crippen molar-refractivity contribution >= 4 is 0 Å². The lowest BCUT2D eigenvalue weighted by atomic mass is 9.43. The van der Waals surface area contributed by atoms with Gasteiger partial charge in [0.25, 0.3) is 0 Å². The van der Waals surface area contributed by atoms with Gasteiger partial charge >= 0.3 is 0 Å². The Morgan fingerprint density at radius 1 is 1.38 bits per heavy atom. The Labute approximate surface area is 82.1 Å². The minimum atomic E-state index is 0.188. The third kappa shape index (κ3) is 1.16. The van der Waals surface area contributed by atoms with Crippen LogP contribution in [0.2, 0.25) is 0 Å². The van der Waals surface area contributed by atoms with E-state index in [0.29, 0.717) is 5.41 Å². The van der Waals surface area contributed by atoms with E-state index in [9.17, 15) is 0 Å². The zero-order valence-corrected chi connectivity index (χ0v) is 9.27. The molecule has 1 nitrogen and oxygen atoms in total. The average Bonchev–Trinajstić information content (AvgIpc) is 2.03. The summed E-state index contributed by atoms with van der Waals surface area (Å²) in [6.07, 6.45) is 6.53. The zero-order chi connectivity index (χ0) is 9.69. The molecule has 0 saturated heterocycles. The third-order valence-corrected chi connectivity index (χ3v) is 4.84. The van der Waals surface area contributed by atoms with Crippen LogP contribution in [0.1, 0.15) is 52.9 Å². The van der Waals surface area contributed by atoms with E-state index in [1.165, 1.54) is 32.1 Å². The van der Waals surface area contributed by atoms with E-state index in [0.717, 1.165) is 11.8 Å². The molecule has 3 aliphatic rings. The van der Waals surface area contributed by atoms with Gasteiger partial charge in [0.15, 0.2) is 0 Å². The van der Waals surface area contributed by atoms with Crippen LogP contribution in [0.4, 0.5) is 0 Å². The predicted octanol–water partition coefficient (Wildman–Crippen LogP) is 2.94. The normalized spacial score (nSPS) is 47.1. The Morgan fingerprint density at radius 3 is 2.54 bits per heavy atom. The second-order valence-electron chi connectivity index (χ2n) is 5.83. The molecule has 0 unspecified atom stereocenters. The molecular formula is C12H23N. The highest BCUT2D eigenvalue weighted by Gasteiger charge is 2.58. The molecule has 13 heavy (non-hydrogen) atoms. The van der Waals surface area contributed by atoms with Crippen molar-refractivity contribution < 1.29 is 0 Å². The van der Waals surface area contributed by atoms with Crippen LogP contribution in [0.3, 0.4) is 0 Å². The standard InChI is InChI=1S/C12H23N/c1-4-6-12(13)7-5-9-8-10(12)11(9,2)3/h9-10H,4-8,13H2,1-3H3/t9-,10+,12+/m0/s1. The predicted molar refractivity (Wildman–Crippen MR) is 56.4 cm³/mol. The molecular weight excluding hydrogens is 158 g/mol. The van der Waals surface area contributed by atoms with E-state index in [4.69, 9.17) is 5.73 Å². The van der Waals surface area contributed by atoms with Gasteiger partial charge in [0.2, 0.25) is 0 Å². The SMILES string of the molecule is CCC[C@@]1(N)CC[C@H]2C[C@@H]1C2(C)C. The van der Waals surface area contributed by atoms with Crippen molar-refractivity contribution in [3.8, 4) is 0 Å². The summed E-state index contributed by atoms with van der Waals surface area (Å²) in [6, 6.07) is 0. The summed E-state index contributed by atoms with van der Waals surface area (Å²) in [7, 11) is 0. The van der Waals surface area contributed by atoms with E-state index < -0.39 is 0 Å². The van der Waals surface area contributed by atoms with Gasteiger partial charge in [-0.1, -0.05) is 27.2 Å². The fourth-order valence-corrected chi connectivity index (χ4v) is 3.86. The summed E-state index contributed by atoms with van der Waals surface area (Å²) >= 11 is 0. The molecule has 1 heteroatoms. The summed E-state index contributed by atoms with van der Waals surface area (Å²) in [4.78, 5) is 0. The maximum Gasteiger partial charge on any atom is 0.0188 e. The first kappa shape index (κ1) is 9.51. The first-order chi connectivity index (χ1) is 6.00. The number of hydrogen-bond donors (Lipinski definition) is 1. The first-order valence-corrected chi connectivity index (χ1v) is 5.79. The van der Waals surface area contributed by atoms with Crippen molar-refractivity contribution in [3.63, 3.8) is 0 Å². The van der Waals surface area contributed by atoms with Gasteiger partial charge in [-0.2, -0.15) is 0 Å². The Bertz CT molecular complexity index is 203. The molecule has 2 N–H and O–H groups in total. The van der Waals surface area contributed by atoms with Crippen LogP contribution in [-0.4, -0.2) is 5.54 Å². The first-order valence-electron chi connectivity index (χ1n) is 5.79. The molecule has 0 radical (unpaired) electrons. The van der Waals surface area contributed by atoms with Crippen LogP contribution in [-0.2, 0) is 0 Å². The highest BCUT2D eigenvalue weighted by Crippen LogP contribution is 2.62. The van der Waals surface area contributed by atoms with E-state index in [1.807, 2.05) is 0 Å². The van der Waals surface area contributed by atoms with Crippen LogP contribution >= 0.6 is 0 Å². The Hall–Kier alpha value is -0.0400. The van der Waals surface area contributed by atoms with E-state index in [2.05, 4.69) is 20.8 Å². The molecule has 3 fully saturated rings. The van der Waals surface area contributed by atoms with Gasteiger partial charge in [-0.15, -0.1) is 0 Å². The summed E-state index contributed by atoms with van der Waals surface area (Å²) in [5.41, 5.74) is 7.26. The topological polar surface area (TPSA) is 26.0 Å². The maximum atomic E-state index is 6.53. The molecule has 3 aliphatic carbocycles. The molecule has 0 aromatic rings. The van der Waals surface area contributed by atoms with Crippen molar-refractivity contribution in [2.75, 3.05) is 0 Å². The Morgan fingerprint density at radius 2 is 2.08 bits per heavy atom. The van der Waals surface area contributed by atoms with Crippen LogP contribution in [0.15, 0.2) is 0 Å². The zero-order valence-electron chi connectivity index (χ0n) is 9.27. The van der Waals surface area contributed by atoms with E-state index in [-0.39, 0.29) is 5.54 Å². The molecule has 0 spiro atoms. The third-order valence-electron chi connectivity index (χ3n) is 4.84. The lowest BCUT2D eigenvalue weighted by Crippen LogP contribution is -2.65. The van der Waals surface area contributed by atoms with Crippen LogP contribution < -0.4 is 5.73 Å². The van der Waals surface area contributed by atoms with Gasteiger partial charge in [-0.05, 0) is 42.9 Å². The van der Waals surface area contributed by atoms with Gasteiger partial charge in [-0.25, -0.2) is 0 Å². The highest BCUT2D eigenvalue weighted by molar-refractivity contribution is 5.12. The minimum absolute atomic E-state index is 0.188. The number of rotatable bonds is 2. The average molecular weight is 181 g/mol. The Kier molecular flexibility index (Phi) is 1.99. The van der Waals surface area contributed by atoms with Crippen molar-refractivity contribution in [2.24, 2.45) is 23.0 Å². The smallest absolute Gasteiger partial charge is 0.0188 e. The second kappa shape index (κ2) is 2.73. The monoisotopic (exact) mass is 181 g/mol. The second-order valence-corrected chi connectivity index (χ2v) is 5.83. The lowest BCUT2D eigenvalue weighted by Gasteiger charge is -2.64. The van der Waals surface area contributed by atoms with E-state index in [1.54, 1.807) is 0 Å². The fourth-order valence-electron chi connectivity index (χ4n) is 3.86. The van der Waals surface area contributed by atoms with Crippen molar-refractivity contribution in [2.45, 2.75) is 58.4 Å². The summed E-state index contributed by atoms with van der Waals surface area (Å²) in [5.74, 6) is 1.78. The van der Waals surface area contributed by atoms with Gasteiger partial charge in [0.1, 0.15) is 0 Å². The molecule has 0 aromatic carbocycles. The largest absolute Gasteiger partial charge is 0.325 e. The van der Waals surface area contributed by atoms with Crippen molar-refractivity contribution in [3.05, 3.63) is 0 Å². The number of hydrogen-bond acceptors (Lipinski definition) is 1. The summed E-state index contributed by atoms with van der Waals surface area (Å²) in [5, 5.41) is 0. The van der Waals surface area contributed by atoms with Crippen LogP contribution in [0.25, 0.3) is 0 Å². The van der Waals surface area contributed by atoms with Crippen LogP contribution in [0, 0.1) is 17.3 Å². The van der Waals surface area contributed by atoms with Gasteiger partial charge in [-0.3, -0.25) is 0 Å². The number of nitrogens with two attached hydrogens (primary N) is 1. The molecule has 0 amide bonds. The molecule has 3 saturated carbocycles. The van der Waals surface area contributed by atoms with Crippen molar-refractivity contribution in [1.82, 2.24) is 0 Å². The molecule has 2 bridgehead atoms. The molecule has 3 rings (SSSR count). The highest BCUT2D eigenvalue weighted by atomic mass is 14.8. The Balaban J connectivity index is 2.14. The summed E-state index contributed by atoms with van der Waals surface area (Å²) in [6.45, 7) is 7.09. The number of fused-ring (bicyclic) bond motifs is 2. The fraction of sp³-hybridized carbons (Fsp3) is 1.00. The van der Waals surface area contributed by atoms with Crippen LogP contribution in [0.5, 0.6) is 0 Å². The molecule has 76 valence electrons. The lowest BCUT2D eigenvalue weighted by molar-refractivity contribution is -0.119. The van der Waals surface area contributed by atoms with E-state index >= 15 is 0 Å². The minimum Gasteiger partial charge on any atom is -0.325 e. The van der Waals surface area contributed by atoms with Gasteiger partial charge in [0, 0.05) is 5.54 Å². The molecule has 0 aliphatic heterocycles. The molecule has 0 aromatic heterocycles. The summed E-state index contributed by atoms with van der Waals surface area (Å²) < 4.78 is 0. The molecule has 3 atom stereocenters. The van der Waals surface area contributed by atoms with Gasteiger partial charge in [0.05, 0.1) is 0 Å². The van der Waals surface area contributed by atoms with Crippen molar-refractivity contribution in [1.29, 1.82) is 0 Å². The van der Waals surface area contributed by atoms with Gasteiger partial charge < -0.3 is 5.73 Å². The molecule has 0 heterocycles.